The Morgan fingerprint density at radius 2 is 2.33 bits per heavy atom. The molecule has 0 aromatic heterocycles. The van der Waals surface area contributed by atoms with E-state index in [1.165, 1.54) is 25.9 Å². The topological polar surface area (TPSA) is 12.5 Å². The van der Waals surface area contributed by atoms with E-state index >= 15 is 0 Å². The zero-order chi connectivity index (χ0) is 8.55. The van der Waals surface area contributed by atoms with Crippen molar-refractivity contribution >= 4 is 0 Å². The number of ether oxygens (including phenoxy) is 1. The minimum Gasteiger partial charge on any atom is -0.385 e. The summed E-state index contributed by atoms with van der Waals surface area (Å²) in [4.78, 5) is 2.63. The molecule has 2 heterocycles. The first kappa shape index (κ1) is 8.52. The quantitative estimate of drug-likeness (QED) is 0.632. The van der Waals surface area contributed by atoms with Crippen LogP contribution in [-0.2, 0) is 4.74 Å². The first-order valence-electron chi connectivity index (χ1n) is 5.06. The van der Waals surface area contributed by atoms with E-state index in [2.05, 4.69) is 11.8 Å². The average molecular weight is 169 g/mol. The molecule has 0 amide bonds. The molecular weight excluding hydrogens is 150 g/mol. The number of rotatable bonds is 3. The molecule has 0 radical (unpaired) electrons. The summed E-state index contributed by atoms with van der Waals surface area (Å²) in [6.45, 7) is 6.00. The molecular formula is C10H19NO. The standard InChI is InChI=1S/C10H19NO/c1-8-10-3-5-11(8)7-9(10)4-6-12-2/h8-10H,3-7H2,1-2H3. The van der Waals surface area contributed by atoms with Crippen molar-refractivity contribution in [2.45, 2.75) is 25.8 Å². The van der Waals surface area contributed by atoms with Gasteiger partial charge in [-0.05, 0) is 38.1 Å². The van der Waals surface area contributed by atoms with Gasteiger partial charge in [0.15, 0.2) is 0 Å². The first-order valence-corrected chi connectivity index (χ1v) is 5.06. The van der Waals surface area contributed by atoms with Gasteiger partial charge in [0, 0.05) is 26.3 Å². The van der Waals surface area contributed by atoms with Gasteiger partial charge in [-0.15, -0.1) is 0 Å². The van der Waals surface area contributed by atoms with Crippen molar-refractivity contribution in [3.8, 4) is 0 Å². The Bertz CT molecular complexity index is 160. The zero-order valence-corrected chi connectivity index (χ0v) is 8.12. The molecule has 2 aliphatic heterocycles. The highest BCUT2D eigenvalue weighted by molar-refractivity contribution is 4.96. The van der Waals surface area contributed by atoms with Crippen LogP contribution in [0.15, 0.2) is 0 Å². The number of piperidine rings is 1. The van der Waals surface area contributed by atoms with Crippen LogP contribution >= 0.6 is 0 Å². The summed E-state index contributed by atoms with van der Waals surface area (Å²) in [5, 5.41) is 0. The van der Waals surface area contributed by atoms with E-state index in [-0.39, 0.29) is 0 Å². The molecule has 4 atom stereocenters. The molecule has 0 N–H and O–H groups in total. The number of nitrogens with zero attached hydrogens (tertiary/aromatic N) is 1. The SMILES string of the molecule is COCCC1CN2CCC1C2C. The molecule has 2 saturated heterocycles. The Hall–Kier alpha value is -0.0800. The summed E-state index contributed by atoms with van der Waals surface area (Å²) in [6, 6.07) is 0.854. The predicted molar refractivity (Wildman–Crippen MR) is 49.1 cm³/mol. The maximum Gasteiger partial charge on any atom is 0.0465 e. The Kier molecular flexibility index (Phi) is 2.37. The van der Waals surface area contributed by atoms with Crippen LogP contribution in [0.5, 0.6) is 0 Å². The number of hydrogen-bond acceptors (Lipinski definition) is 2. The lowest BCUT2D eigenvalue weighted by molar-refractivity contribution is 0.161. The van der Waals surface area contributed by atoms with Crippen molar-refractivity contribution in [1.82, 2.24) is 4.90 Å². The van der Waals surface area contributed by atoms with Crippen LogP contribution in [0.2, 0.25) is 0 Å². The molecule has 0 spiro atoms. The highest BCUT2D eigenvalue weighted by Crippen LogP contribution is 2.39. The van der Waals surface area contributed by atoms with Crippen molar-refractivity contribution in [2.24, 2.45) is 11.8 Å². The van der Waals surface area contributed by atoms with Gasteiger partial charge in [0.05, 0.1) is 0 Å². The van der Waals surface area contributed by atoms with E-state index in [1.54, 1.807) is 7.11 Å². The van der Waals surface area contributed by atoms with E-state index in [9.17, 15) is 0 Å². The fourth-order valence-electron chi connectivity index (χ4n) is 2.93. The third-order valence-electron chi connectivity index (χ3n) is 3.71. The Balaban J connectivity index is 1.87. The molecule has 0 aromatic carbocycles. The van der Waals surface area contributed by atoms with Crippen LogP contribution in [0.3, 0.4) is 0 Å². The lowest BCUT2D eigenvalue weighted by atomic mass is 9.87. The van der Waals surface area contributed by atoms with Gasteiger partial charge in [0.2, 0.25) is 0 Å². The second-order valence-electron chi connectivity index (χ2n) is 4.23. The maximum absolute atomic E-state index is 5.13. The van der Waals surface area contributed by atoms with Gasteiger partial charge in [-0.3, -0.25) is 0 Å². The lowest BCUT2D eigenvalue weighted by Crippen LogP contribution is -2.25. The molecule has 2 rings (SSSR count). The molecule has 4 unspecified atom stereocenters. The predicted octanol–water partition coefficient (Wildman–Crippen LogP) is 1.36. The Morgan fingerprint density at radius 3 is 2.83 bits per heavy atom. The molecule has 0 aliphatic carbocycles. The number of methoxy groups -OCH3 is 1. The average Bonchev–Trinajstić information content (AvgIpc) is 2.58. The summed E-state index contributed by atoms with van der Waals surface area (Å²) in [5.74, 6) is 1.90. The molecule has 0 saturated carbocycles. The summed E-state index contributed by atoms with van der Waals surface area (Å²) < 4.78 is 5.13. The second-order valence-corrected chi connectivity index (χ2v) is 4.23. The van der Waals surface area contributed by atoms with Crippen molar-refractivity contribution in [3.05, 3.63) is 0 Å². The lowest BCUT2D eigenvalue weighted by Gasteiger charge is -2.21. The molecule has 2 fully saturated rings. The van der Waals surface area contributed by atoms with E-state index in [1.807, 2.05) is 0 Å². The van der Waals surface area contributed by atoms with Crippen LogP contribution in [0.1, 0.15) is 19.8 Å². The number of fused-ring (bicyclic) bond motifs is 2. The fourth-order valence-corrected chi connectivity index (χ4v) is 2.93. The Morgan fingerprint density at radius 1 is 1.50 bits per heavy atom. The van der Waals surface area contributed by atoms with Crippen molar-refractivity contribution in [2.75, 3.05) is 26.8 Å². The van der Waals surface area contributed by atoms with E-state index in [0.29, 0.717) is 0 Å². The molecule has 2 heteroatoms. The molecule has 70 valence electrons. The maximum atomic E-state index is 5.13. The summed E-state index contributed by atoms with van der Waals surface area (Å²) in [7, 11) is 1.80. The minimum atomic E-state index is 0.854. The van der Waals surface area contributed by atoms with Crippen molar-refractivity contribution < 1.29 is 4.74 Å². The first-order chi connectivity index (χ1) is 5.83. The number of hydrogen-bond donors (Lipinski definition) is 0. The normalized spacial score (nSPS) is 45.5. The molecule has 0 aromatic rings. The van der Waals surface area contributed by atoms with E-state index in [4.69, 9.17) is 4.74 Å². The molecule has 2 bridgehead atoms. The van der Waals surface area contributed by atoms with Gasteiger partial charge in [-0.1, -0.05) is 0 Å². The van der Waals surface area contributed by atoms with Crippen LogP contribution in [0.4, 0.5) is 0 Å². The van der Waals surface area contributed by atoms with E-state index < -0.39 is 0 Å². The summed E-state index contributed by atoms with van der Waals surface area (Å²) in [5.41, 5.74) is 0. The van der Waals surface area contributed by atoms with Crippen LogP contribution in [0.25, 0.3) is 0 Å². The van der Waals surface area contributed by atoms with Crippen LogP contribution < -0.4 is 0 Å². The van der Waals surface area contributed by atoms with Gasteiger partial charge in [-0.2, -0.15) is 0 Å². The van der Waals surface area contributed by atoms with E-state index in [0.717, 1.165) is 24.5 Å². The molecule has 12 heavy (non-hydrogen) atoms. The highest BCUT2D eigenvalue weighted by Gasteiger charge is 2.43. The summed E-state index contributed by atoms with van der Waals surface area (Å²) >= 11 is 0. The zero-order valence-electron chi connectivity index (χ0n) is 8.12. The van der Waals surface area contributed by atoms with Gasteiger partial charge in [-0.25, -0.2) is 0 Å². The third-order valence-corrected chi connectivity index (χ3v) is 3.71. The molecule has 2 nitrogen and oxygen atoms in total. The van der Waals surface area contributed by atoms with Gasteiger partial charge >= 0.3 is 0 Å². The van der Waals surface area contributed by atoms with Crippen molar-refractivity contribution in [3.63, 3.8) is 0 Å². The van der Waals surface area contributed by atoms with Crippen LogP contribution in [0, 0.1) is 11.8 Å². The second kappa shape index (κ2) is 3.35. The minimum absolute atomic E-state index is 0.854. The fraction of sp³-hybridized carbons (Fsp3) is 1.00. The summed E-state index contributed by atoms with van der Waals surface area (Å²) in [6.07, 6.45) is 2.69. The van der Waals surface area contributed by atoms with Crippen LogP contribution in [-0.4, -0.2) is 37.7 Å². The monoisotopic (exact) mass is 169 g/mol. The smallest absolute Gasteiger partial charge is 0.0465 e. The Labute approximate surface area is 74.9 Å². The van der Waals surface area contributed by atoms with Gasteiger partial charge < -0.3 is 9.64 Å². The van der Waals surface area contributed by atoms with Crippen molar-refractivity contribution in [1.29, 1.82) is 0 Å². The van der Waals surface area contributed by atoms with Gasteiger partial charge in [0.25, 0.3) is 0 Å². The van der Waals surface area contributed by atoms with Gasteiger partial charge in [0.1, 0.15) is 0 Å². The highest BCUT2D eigenvalue weighted by atomic mass is 16.5. The molecule has 2 aliphatic rings. The third kappa shape index (κ3) is 1.27. The largest absolute Gasteiger partial charge is 0.385 e.